The van der Waals surface area contributed by atoms with Crippen LogP contribution in [0.15, 0.2) is 30.5 Å². The summed E-state index contributed by atoms with van der Waals surface area (Å²) in [4.78, 5) is 11.1. The van der Waals surface area contributed by atoms with Gasteiger partial charge in [-0.15, -0.1) is 0 Å². The van der Waals surface area contributed by atoms with Gasteiger partial charge in [-0.25, -0.2) is 4.79 Å². The van der Waals surface area contributed by atoms with Crippen molar-refractivity contribution in [2.24, 2.45) is 0 Å². The molecule has 1 aromatic carbocycles. The fourth-order valence-electron chi connectivity index (χ4n) is 1.94. The second kappa shape index (κ2) is 6.78. The van der Waals surface area contributed by atoms with E-state index in [0.717, 1.165) is 11.3 Å². The predicted octanol–water partition coefficient (Wildman–Crippen LogP) is 2.61. The number of ether oxygens (including phenoxy) is 1. The molecule has 0 spiro atoms. The lowest BCUT2D eigenvalue weighted by Gasteiger charge is -2.07. The predicted molar refractivity (Wildman–Crippen MR) is 79.8 cm³/mol. The highest BCUT2D eigenvalue weighted by molar-refractivity contribution is 5.91. The van der Waals surface area contributed by atoms with E-state index in [1.54, 1.807) is 10.9 Å². The number of carboxylic acids is 1. The molecule has 0 amide bonds. The van der Waals surface area contributed by atoms with Gasteiger partial charge >= 0.3 is 5.97 Å². The molecule has 0 aliphatic carbocycles. The van der Waals surface area contributed by atoms with Gasteiger partial charge in [0.15, 0.2) is 5.69 Å². The van der Waals surface area contributed by atoms with E-state index in [-0.39, 0.29) is 5.69 Å². The first-order valence-electron chi connectivity index (χ1n) is 6.90. The third-order valence-corrected chi connectivity index (χ3v) is 3.01. The Kier molecular flexibility index (Phi) is 4.81. The van der Waals surface area contributed by atoms with E-state index >= 15 is 0 Å². The Morgan fingerprint density at radius 2 is 2.05 bits per heavy atom. The van der Waals surface area contributed by atoms with Gasteiger partial charge in [0.2, 0.25) is 0 Å². The maximum absolute atomic E-state index is 11.1. The van der Waals surface area contributed by atoms with Crippen LogP contribution in [-0.2, 0) is 13.1 Å². The molecule has 0 atom stereocenters. The van der Waals surface area contributed by atoms with Crippen molar-refractivity contribution in [3.63, 3.8) is 0 Å². The topological polar surface area (TPSA) is 76.4 Å². The van der Waals surface area contributed by atoms with Crippen molar-refractivity contribution >= 4 is 11.7 Å². The van der Waals surface area contributed by atoms with E-state index < -0.39 is 5.97 Å². The lowest BCUT2D eigenvalue weighted by Crippen LogP contribution is -2.05. The van der Waals surface area contributed by atoms with Gasteiger partial charge in [0.1, 0.15) is 5.75 Å². The first kappa shape index (κ1) is 14.9. The summed E-state index contributed by atoms with van der Waals surface area (Å²) >= 11 is 0. The second-order valence-electron chi connectivity index (χ2n) is 4.48. The van der Waals surface area contributed by atoms with Gasteiger partial charge in [-0.05, 0) is 31.5 Å². The highest BCUT2D eigenvalue weighted by Crippen LogP contribution is 2.17. The summed E-state index contributed by atoms with van der Waals surface area (Å²) in [6, 6.07) is 7.69. The summed E-state index contributed by atoms with van der Waals surface area (Å²) in [6.07, 6.45) is 1.71. The van der Waals surface area contributed by atoms with Gasteiger partial charge in [0.05, 0.1) is 12.3 Å². The Labute approximate surface area is 123 Å². The molecule has 0 aliphatic heterocycles. The van der Waals surface area contributed by atoms with Crippen molar-refractivity contribution < 1.29 is 14.6 Å². The molecule has 0 fully saturated rings. The third-order valence-electron chi connectivity index (χ3n) is 3.01. The van der Waals surface area contributed by atoms with Crippen molar-refractivity contribution in [2.75, 3.05) is 11.9 Å². The zero-order valence-corrected chi connectivity index (χ0v) is 12.2. The molecular formula is C15H19N3O3. The van der Waals surface area contributed by atoms with Crippen LogP contribution in [0.4, 0.5) is 5.69 Å². The van der Waals surface area contributed by atoms with E-state index in [0.29, 0.717) is 25.4 Å². The van der Waals surface area contributed by atoms with Crippen molar-refractivity contribution in [3.05, 3.63) is 41.7 Å². The Bertz CT molecular complexity index is 605. The van der Waals surface area contributed by atoms with Crippen molar-refractivity contribution in [3.8, 4) is 5.75 Å². The van der Waals surface area contributed by atoms with Gasteiger partial charge in [0, 0.05) is 19.3 Å². The minimum absolute atomic E-state index is 0.0442. The molecule has 0 bridgehead atoms. The van der Waals surface area contributed by atoms with Crippen LogP contribution in [0.1, 0.15) is 29.9 Å². The van der Waals surface area contributed by atoms with E-state index in [1.165, 1.54) is 0 Å². The lowest BCUT2D eigenvalue weighted by molar-refractivity contribution is 0.0690. The first-order chi connectivity index (χ1) is 10.1. The fraction of sp³-hybridized carbons (Fsp3) is 0.333. The van der Waals surface area contributed by atoms with Crippen LogP contribution in [0.3, 0.4) is 0 Å². The first-order valence-corrected chi connectivity index (χ1v) is 6.90. The second-order valence-corrected chi connectivity index (χ2v) is 4.48. The molecule has 2 N–H and O–H groups in total. The highest BCUT2D eigenvalue weighted by Gasteiger charge is 2.15. The van der Waals surface area contributed by atoms with Crippen LogP contribution in [0, 0.1) is 0 Å². The van der Waals surface area contributed by atoms with Crippen LogP contribution in [0.5, 0.6) is 5.75 Å². The highest BCUT2D eigenvalue weighted by atomic mass is 16.5. The van der Waals surface area contributed by atoms with Gasteiger partial charge in [0.25, 0.3) is 0 Å². The maximum atomic E-state index is 11.1. The molecule has 0 radical (unpaired) electrons. The molecule has 0 unspecified atom stereocenters. The molecular weight excluding hydrogens is 270 g/mol. The fourth-order valence-corrected chi connectivity index (χ4v) is 1.94. The maximum Gasteiger partial charge on any atom is 0.358 e. The number of aryl methyl sites for hydroxylation is 1. The summed E-state index contributed by atoms with van der Waals surface area (Å²) in [5.41, 5.74) is 1.61. The number of carboxylic acid groups (broad SMARTS) is 1. The van der Waals surface area contributed by atoms with Gasteiger partial charge in [-0.2, -0.15) is 5.10 Å². The Balaban J connectivity index is 2.05. The summed E-state index contributed by atoms with van der Waals surface area (Å²) < 4.78 is 6.98. The lowest BCUT2D eigenvalue weighted by atomic mass is 10.2. The zero-order valence-electron chi connectivity index (χ0n) is 12.2. The smallest absolute Gasteiger partial charge is 0.358 e. The average molecular weight is 289 g/mol. The van der Waals surface area contributed by atoms with Crippen molar-refractivity contribution in [1.82, 2.24) is 9.78 Å². The van der Waals surface area contributed by atoms with Gasteiger partial charge in [-0.1, -0.05) is 12.1 Å². The minimum atomic E-state index is -1.03. The number of rotatable bonds is 7. The normalized spacial score (nSPS) is 10.4. The Morgan fingerprint density at radius 1 is 1.33 bits per heavy atom. The van der Waals surface area contributed by atoms with E-state index in [9.17, 15) is 4.79 Å². The molecule has 1 aromatic heterocycles. The standard InChI is InChI=1S/C15H19N3O3/c1-3-18-10-13(14(17-18)15(19)20)16-9-11-5-7-12(8-6-11)21-4-2/h5-8,10,16H,3-4,9H2,1-2H3,(H,19,20). The number of benzene rings is 1. The quantitative estimate of drug-likeness (QED) is 0.819. The van der Waals surface area contributed by atoms with Gasteiger partial charge in [-0.3, -0.25) is 4.68 Å². The van der Waals surface area contributed by atoms with Crippen LogP contribution in [0.2, 0.25) is 0 Å². The number of aromatic nitrogens is 2. The molecule has 1 heterocycles. The van der Waals surface area contributed by atoms with E-state index in [4.69, 9.17) is 9.84 Å². The monoisotopic (exact) mass is 289 g/mol. The summed E-state index contributed by atoms with van der Waals surface area (Å²) in [6.45, 7) is 5.64. The number of carbonyl (C=O) groups is 1. The zero-order chi connectivity index (χ0) is 15.2. The summed E-state index contributed by atoms with van der Waals surface area (Å²) in [5, 5.41) is 16.3. The molecule has 2 aromatic rings. The van der Waals surface area contributed by atoms with Crippen molar-refractivity contribution in [1.29, 1.82) is 0 Å². The largest absolute Gasteiger partial charge is 0.494 e. The number of hydrogen-bond donors (Lipinski definition) is 2. The summed E-state index contributed by atoms with van der Waals surface area (Å²) in [7, 11) is 0. The van der Waals surface area contributed by atoms with Crippen LogP contribution in [-0.4, -0.2) is 27.5 Å². The SMILES string of the molecule is CCOc1ccc(CNc2cn(CC)nc2C(=O)O)cc1. The molecule has 21 heavy (non-hydrogen) atoms. The van der Waals surface area contributed by atoms with Crippen molar-refractivity contribution in [2.45, 2.75) is 26.9 Å². The molecule has 2 rings (SSSR count). The molecule has 6 heteroatoms. The molecule has 112 valence electrons. The Morgan fingerprint density at radius 3 is 2.62 bits per heavy atom. The van der Waals surface area contributed by atoms with Gasteiger partial charge < -0.3 is 15.2 Å². The molecule has 0 saturated carbocycles. The Hall–Kier alpha value is -2.50. The van der Waals surface area contributed by atoms with Crippen LogP contribution < -0.4 is 10.1 Å². The number of nitrogens with one attached hydrogen (secondary N) is 1. The third kappa shape index (κ3) is 3.75. The molecule has 6 nitrogen and oxygen atoms in total. The minimum Gasteiger partial charge on any atom is -0.494 e. The number of anilines is 1. The van der Waals surface area contributed by atoms with E-state index in [2.05, 4.69) is 10.4 Å². The average Bonchev–Trinajstić information content (AvgIpc) is 2.90. The number of aromatic carboxylic acids is 1. The van der Waals surface area contributed by atoms with Crippen LogP contribution >= 0.6 is 0 Å². The molecule has 0 saturated heterocycles. The summed E-state index contributed by atoms with van der Waals surface area (Å²) in [5.74, 6) is -0.206. The number of hydrogen-bond acceptors (Lipinski definition) is 4. The number of nitrogens with zero attached hydrogens (tertiary/aromatic N) is 2. The molecule has 0 aliphatic rings. The van der Waals surface area contributed by atoms with E-state index in [1.807, 2.05) is 38.1 Å². The van der Waals surface area contributed by atoms with Crippen LogP contribution in [0.25, 0.3) is 0 Å².